The molecule has 1 aromatic heterocycles. The van der Waals surface area contributed by atoms with Crippen LogP contribution in [0.5, 0.6) is 0 Å². The topological polar surface area (TPSA) is 140 Å². The third-order valence-corrected chi connectivity index (χ3v) is 7.27. The zero-order chi connectivity index (χ0) is 25.8. The average molecular weight is 519 g/mol. The van der Waals surface area contributed by atoms with Gasteiger partial charge in [0.25, 0.3) is 5.91 Å². The lowest BCUT2D eigenvalue weighted by Crippen LogP contribution is -2.46. The summed E-state index contributed by atoms with van der Waals surface area (Å²) in [6.45, 7) is 5.88. The van der Waals surface area contributed by atoms with E-state index in [4.69, 9.17) is 9.88 Å². The minimum absolute atomic E-state index is 0.0467. The number of primary sulfonamides is 1. The lowest BCUT2D eigenvalue weighted by atomic mass is 10.0. The Bertz CT molecular complexity index is 1320. The average Bonchev–Trinajstić information content (AvgIpc) is 3.20. The summed E-state index contributed by atoms with van der Waals surface area (Å²) in [5.74, 6) is -1.33. The molecule has 0 fully saturated rings. The van der Waals surface area contributed by atoms with Gasteiger partial charge in [-0.15, -0.1) is 11.3 Å². The van der Waals surface area contributed by atoms with Crippen molar-refractivity contribution >= 4 is 43.4 Å². The number of benzene rings is 2. The van der Waals surface area contributed by atoms with Gasteiger partial charge in [0.15, 0.2) is 0 Å². The number of nitrogens with two attached hydrogens (primary N) is 1. The van der Waals surface area contributed by atoms with Crippen LogP contribution in [0.3, 0.4) is 0 Å². The van der Waals surface area contributed by atoms with E-state index in [1.807, 2.05) is 44.2 Å². The first-order valence-corrected chi connectivity index (χ1v) is 13.5. The molecule has 188 valence electrons. The second-order valence-electron chi connectivity index (χ2n) is 8.96. The molecule has 1 atom stereocenters. The third-order valence-electron chi connectivity index (χ3n) is 5.29. The Hall–Kier alpha value is -2.86. The number of hydrogen-bond donors (Lipinski definition) is 3. The van der Waals surface area contributed by atoms with E-state index >= 15 is 0 Å². The van der Waals surface area contributed by atoms with E-state index in [9.17, 15) is 18.0 Å². The van der Waals surface area contributed by atoms with Crippen LogP contribution in [0.1, 0.15) is 42.1 Å². The monoisotopic (exact) mass is 518 g/mol. The highest BCUT2D eigenvalue weighted by Gasteiger charge is 2.22. The molecule has 2 aromatic carbocycles. The van der Waals surface area contributed by atoms with E-state index in [-0.39, 0.29) is 24.1 Å². The van der Waals surface area contributed by atoms with Crippen LogP contribution >= 0.6 is 11.3 Å². The summed E-state index contributed by atoms with van der Waals surface area (Å²) >= 11 is 1.41. The van der Waals surface area contributed by atoms with Gasteiger partial charge in [-0.1, -0.05) is 18.2 Å². The van der Waals surface area contributed by atoms with Gasteiger partial charge in [-0.3, -0.25) is 9.59 Å². The van der Waals surface area contributed by atoms with Crippen molar-refractivity contribution in [3.63, 3.8) is 0 Å². The molecular formula is C24H30N4O5S2. The number of amides is 2. The van der Waals surface area contributed by atoms with Crippen molar-refractivity contribution in [1.82, 2.24) is 15.6 Å². The van der Waals surface area contributed by atoms with Crippen LogP contribution in [0, 0.1) is 0 Å². The highest BCUT2D eigenvalue weighted by atomic mass is 32.2. The number of ether oxygens (including phenoxy) is 1. The molecule has 3 rings (SSSR count). The summed E-state index contributed by atoms with van der Waals surface area (Å²) in [5, 5.41) is 11.1. The molecule has 2 amide bonds. The summed E-state index contributed by atoms with van der Waals surface area (Å²) in [4.78, 5) is 29.5. The number of thiazole rings is 1. The lowest BCUT2D eigenvalue weighted by Gasteiger charge is -2.25. The number of nitrogens with zero attached hydrogens (tertiary/aromatic N) is 1. The highest BCUT2D eigenvalue weighted by molar-refractivity contribution is 7.89. The fourth-order valence-electron chi connectivity index (χ4n) is 3.48. The van der Waals surface area contributed by atoms with Crippen LogP contribution in [-0.4, -0.2) is 56.8 Å². The van der Waals surface area contributed by atoms with Crippen molar-refractivity contribution < 1.29 is 22.7 Å². The molecule has 4 N–H and O–H groups in total. The minimum Gasteiger partial charge on any atom is -0.382 e. The van der Waals surface area contributed by atoms with Gasteiger partial charge in [-0.2, -0.15) is 0 Å². The molecular weight excluding hydrogens is 488 g/mol. The van der Waals surface area contributed by atoms with Gasteiger partial charge in [0.1, 0.15) is 5.01 Å². The summed E-state index contributed by atoms with van der Waals surface area (Å²) in [7, 11) is -2.04. The molecule has 3 aromatic rings. The third kappa shape index (κ3) is 7.31. The lowest BCUT2D eigenvalue weighted by molar-refractivity contribution is -0.122. The van der Waals surface area contributed by atoms with Gasteiger partial charge in [0, 0.05) is 19.2 Å². The van der Waals surface area contributed by atoms with E-state index in [2.05, 4.69) is 15.6 Å². The van der Waals surface area contributed by atoms with Crippen LogP contribution in [-0.2, 0) is 19.6 Å². The number of hydrogen-bond acceptors (Lipinski definition) is 7. The Balaban J connectivity index is 1.72. The molecule has 11 heteroatoms. The zero-order valence-electron chi connectivity index (χ0n) is 20.1. The molecule has 0 bridgehead atoms. The molecule has 35 heavy (non-hydrogen) atoms. The number of carbonyl (C=O) groups excluding carboxylic acids is 2. The SMILES string of the molecule is COCC(C)(C)NC(=O)c1ccc(-c2ccc3nc(C(C)C(=O)NCCS(N)(=O)=O)sc3c2)cc1. The first kappa shape index (κ1) is 26.7. The van der Waals surface area contributed by atoms with Gasteiger partial charge in [0.05, 0.1) is 34.0 Å². The summed E-state index contributed by atoms with van der Waals surface area (Å²) < 4.78 is 28.2. The summed E-state index contributed by atoms with van der Waals surface area (Å²) in [6.07, 6.45) is 0. The smallest absolute Gasteiger partial charge is 0.251 e. The van der Waals surface area contributed by atoms with E-state index in [0.29, 0.717) is 17.2 Å². The second kappa shape index (κ2) is 10.8. The van der Waals surface area contributed by atoms with Crippen molar-refractivity contribution in [3.8, 4) is 11.1 Å². The molecule has 0 aliphatic heterocycles. The van der Waals surface area contributed by atoms with E-state index in [1.54, 1.807) is 26.2 Å². The number of nitrogens with one attached hydrogen (secondary N) is 2. The van der Waals surface area contributed by atoms with Gasteiger partial charge in [-0.25, -0.2) is 18.5 Å². The van der Waals surface area contributed by atoms with Crippen molar-refractivity contribution in [2.24, 2.45) is 5.14 Å². The Morgan fingerprint density at radius 3 is 2.43 bits per heavy atom. The number of methoxy groups -OCH3 is 1. The summed E-state index contributed by atoms with van der Waals surface area (Å²) in [6, 6.07) is 13.2. The first-order chi connectivity index (χ1) is 16.4. The Morgan fingerprint density at radius 2 is 1.80 bits per heavy atom. The fourth-order valence-corrected chi connectivity index (χ4v) is 4.92. The number of rotatable bonds is 10. The van der Waals surface area contributed by atoms with Crippen molar-refractivity contribution in [2.45, 2.75) is 32.2 Å². The zero-order valence-corrected chi connectivity index (χ0v) is 21.8. The van der Waals surface area contributed by atoms with Crippen LogP contribution in [0.15, 0.2) is 42.5 Å². The molecule has 0 radical (unpaired) electrons. The molecule has 0 aliphatic carbocycles. The molecule has 1 heterocycles. The van der Waals surface area contributed by atoms with Gasteiger partial charge in [-0.05, 0) is 56.2 Å². The fraction of sp³-hybridized carbons (Fsp3) is 0.375. The molecule has 0 aliphatic rings. The Labute approximate surface area is 209 Å². The molecule has 0 saturated heterocycles. The van der Waals surface area contributed by atoms with Gasteiger partial charge >= 0.3 is 0 Å². The highest BCUT2D eigenvalue weighted by Crippen LogP contribution is 2.31. The summed E-state index contributed by atoms with van der Waals surface area (Å²) in [5.41, 5.74) is 2.76. The van der Waals surface area contributed by atoms with Gasteiger partial charge < -0.3 is 15.4 Å². The maximum absolute atomic E-state index is 12.6. The van der Waals surface area contributed by atoms with E-state index in [0.717, 1.165) is 21.3 Å². The number of carbonyl (C=O) groups is 2. The maximum Gasteiger partial charge on any atom is 0.251 e. The molecule has 9 nitrogen and oxygen atoms in total. The van der Waals surface area contributed by atoms with Crippen molar-refractivity contribution in [3.05, 3.63) is 53.0 Å². The quantitative estimate of drug-likeness (QED) is 0.377. The van der Waals surface area contributed by atoms with Crippen molar-refractivity contribution in [2.75, 3.05) is 26.0 Å². The molecule has 1 unspecified atom stereocenters. The minimum atomic E-state index is -3.64. The van der Waals surface area contributed by atoms with E-state index < -0.39 is 21.5 Å². The van der Waals surface area contributed by atoms with Crippen LogP contribution in [0.4, 0.5) is 0 Å². The Kier molecular flexibility index (Phi) is 8.26. The number of fused-ring (bicyclic) bond motifs is 1. The predicted octanol–water partition coefficient (Wildman–Crippen LogP) is 2.63. The molecule has 0 spiro atoms. The predicted molar refractivity (Wildman–Crippen MR) is 138 cm³/mol. The normalized spacial score (nSPS) is 12.9. The maximum atomic E-state index is 12.6. The van der Waals surface area contributed by atoms with Crippen LogP contribution in [0.25, 0.3) is 21.3 Å². The molecule has 0 saturated carbocycles. The number of aromatic nitrogens is 1. The van der Waals surface area contributed by atoms with Crippen molar-refractivity contribution in [1.29, 1.82) is 0 Å². The van der Waals surface area contributed by atoms with Crippen LogP contribution in [0.2, 0.25) is 0 Å². The first-order valence-electron chi connectivity index (χ1n) is 11.0. The van der Waals surface area contributed by atoms with Crippen LogP contribution < -0.4 is 15.8 Å². The second-order valence-corrected chi connectivity index (χ2v) is 11.8. The van der Waals surface area contributed by atoms with Gasteiger partial charge in [0.2, 0.25) is 15.9 Å². The Morgan fingerprint density at radius 1 is 1.14 bits per heavy atom. The largest absolute Gasteiger partial charge is 0.382 e. The number of sulfonamides is 1. The standard InChI is InChI=1S/C24H30N4O5S2/c1-15(21(29)26-11-12-35(25,31)32)23-27-19-10-9-18(13-20(19)34-23)16-5-7-17(8-6-16)22(30)28-24(2,3)14-33-4/h5-10,13,15H,11-12,14H2,1-4H3,(H,26,29)(H,28,30)(H2,25,31,32). The van der Waals surface area contributed by atoms with E-state index in [1.165, 1.54) is 11.3 Å².